The Kier molecular flexibility index (Phi) is 1.44. The molecule has 0 atom stereocenters. The van der Waals surface area contributed by atoms with Crippen molar-refractivity contribution in [1.82, 2.24) is 0 Å². The Hall–Kier alpha value is 0.160. The van der Waals surface area contributed by atoms with E-state index < -0.39 is 5.60 Å². The van der Waals surface area contributed by atoms with Crippen LogP contribution in [0.5, 0.6) is 0 Å². The summed E-state index contributed by atoms with van der Waals surface area (Å²) in [5, 5.41) is 9.14. The first-order valence-electron chi connectivity index (χ1n) is 2.36. The molecule has 0 aromatic carbocycles. The van der Waals surface area contributed by atoms with E-state index in [0.717, 1.165) is 12.8 Å². The number of halogens is 1. The minimum Gasteiger partial charge on any atom is -0.384 e. The van der Waals surface area contributed by atoms with Crippen LogP contribution in [0, 0.1) is 0 Å². The predicted octanol–water partition coefficient (Wildman–Crippen LogP) is 0.219. The summed E-state index contributed by atoms with van der Waals surface area (Å²) in [5.41, 5.74) is 4.58. The van der Waals surface area contributed by atoms with E-state index in [9.17, 15) is 0 Å². The number of hydrogen-bond acceptors (Lipinski definition) is 2. The summed E-state index contributed by atoms with van der Waals surface area (Å²) < 4.78 is 3.64. The van der Waals surface area contributed by atoms with Gasteiger partial charge in [-0.3, -0.25) is 0 Å². The Bertz CT molecular complexity index is 130. The van der Waals surface area contributed by atoms with Crippen molar-refractivity contribution in [2.45, 2.75) is 18.4 Å². The SMILES string of the molecule is NC(=NI)C1(O)CC1. The molecule has 0 amide bonds. The van der Waals surface area contributed by atoms with Gasteiger partial charge in [-0.25, -0.2) is 0 Å². The highest BCUT2D eigenvalue weighted by atomic mass is 127. The Morgan fingerprint density at radius 1 is 1.75 bits per heavy atom. The average molecular weight is 226 g/mol. The van der Waals surface area contributed by atoms with Crippen molar-refractivity contribution < 1.29 is 5.11 Å². The van der Waals surface area contributed by atoms with E-state index in [1.807, 2.05) is 0 Å². The van der Waals surface area contributed by atoms with Gasteiger partial charge in [0.2, 0.25) is 0 Å². The zero-order chi connectivity index (χ0) is 6.20. The molecule has 46 valence electrons. The van der Waals surface area contributed by atoms with Crippen molar-refractivity contribution in [3.8, 4) is 0 Å². The fourth-order valence-electron chi connectivity index (χ4n) is 0.453. The van der Waals surface area contributed by atoms with Crippen LogP contribution in [0.25, 0.3) is 0 Å². The molecule has 0 bridgehead atoms. The number of nitrogens with zero attached hydrogens (tertiary/aromatic N) is 1. The standard InChI is InChI=1S/C4H7IN2O/c5-7-3(6)4(8)1-2-4/h8H,1-2H2,(H2,6,7). The van der Waals surface area contributed by atoms with Crippen LogP contribution in [0.4, 0.5) is 0 Å². The van der Waals surface area contributed by atoms with E-state index in [1.165, 1.54) is 0 Å². The van der Waals surface area contributed by atoms with Gasteiger partial charge in [0, 0.05) is 0 Å². The number of aliphatic hydroxyl groups is 1. The summed E-state index contributed by atoms with van der Waals surface area (Å²) in [4.78, 5) is 0. The molecule has 1 aliphatic carbocycles. The summed E-state index contributed by atoms with van der Waals surface area (Å²) in [6.45, 7) is 0. The van der Waals surface area contributed by atoms with Gasteiger partial charge in [-0.15, -0.1) is 0 Å². The first kappa shape index (κ1) is 6.28. The number of amidine groups is 1. The van der Waals surface area contributed by atoms with E-state index in [0.29, 0.717) is 5.84 Å². The van der Waals surface area contributed by atoms with Gasteiger partial charge >= 0.3 is 0 Å². The van der Waals surface area contributed by atoms with Gasteiger partial charge in [0.05, 0.1) is 22.9 Å². The zero-order valence-corrected chi connectivity index (χ0v) is 6.42. The number of rotatable bonds is 1. The molecule has 1 aliphatic rings. The van der Waals surface area contributed by atoms with Crippen molar-refractivity contribution in [3.63, 3.8) is 0 Å². The highest BCUT2D eigenvalue weighted by Crippen LogP contribution is 2.35. The molecule has 0 aliphatic heterocycles. The van der Waals surface area contributed by atoms with Crippen LogP contribution in [0.3, 0.4) is 0 Å². The molecule has 1 saturated carbocycles. The van der Waals surface area contributed by atoms with Gasteiger partial charge in [-0.1, -0.05) is 0 Å². The molecular formula is C4H7IN2O. The van der Waals surface area contributed by atoms with Gasteiger partial charge in [0.15, 0.2) is 0 Å². The first-order chi connectivity index (χ1) is 3.69. The topological polar surface area (TPSA) is 58.6 Å². The molecule has 0 saturated heterocycles. The highest BCUT2D eigenvalue weighted by molar-refractivity contribution is 14.1. The van der Waals surface area contributed by atoms with E-state index in [2.05, 4.69) is 3.21 Å². The summed E-state index contributed by atoms with van der Waals surface area (Å²) in [5.74, 6) is 0.359. The van der Waals surface area contributed by atoms with Gasteiger partial charge in [-0.2, -0.15) is 3.21 Å². The van der Waals surface area contributed by atoms with Crippen LogP contribution in [0.2, 0.25) is 0 Å². The maximum atomic E-state index is 9.14. The van der Waals surface area contributed by atoms with Gasteiger partial charge in [0.1, 0.15) is 11.4 Å². The second-order valence-corrected chi connectivity index (χ2v) is 2.48. The van der Waals surface area contributed by atoms with Crippen LogP contribution in [-0.4, -0.2) is 16.5 Å². The quantitative estimate of drug-likeness (QED) is 0.381. The summed E-state index contributed by atoms with van der Waals surface area (Å²) in [7, 11) is 0. The molecule has 0 heterocycles. The molecule has 3 nitrogen and oxygen atoms in total. The first-order valence-corrected chi connectivity index (χ1v) is 3.33. The number of nitrogens with two attached hydrogens (primary N) is 1. The molecule has 0 spiro atoms. The van der Waals surface area contributed by atoms with Crippen molar-refractivity contribution in [1.29, 1.82) is 0 Å². The van der Waals surface area contributed by atoms with E-state index in [-0.39, 0.29) is 0 Å². The summed E-state index contributed by atoms with van der Waals surface area (Å²) in [6, 6.07) is 0. The van der Waals surface area contributed by atoms with Gasteiger partial charge in [-0.05, 0) is 12.8 Å². The summed E-state index contributed by atoms with van der Waals surface area (Å²) >= 11 is 1.78. The molecule has 4 heteroatoms. The molecule has 1 rings (SSSR count). The second kappa shape index (κ2) is 1.84. The molecule has 0 aromatic rings. The third-order valence-corrected chi connectivity index (χ3v) is 1.81. The fourth-order valence-corrected chi connectivity index (χ4v) is 0.902. The monoisotopic (exact) mass is 226 g/mol. The van der Waals surface area contributed by atoms with Crippen LogP contribution in [0.15, 0.2) is 3.21 Å². The third kappa shape index (κ3) is 0.947. The highest BCUT2D eigenvalue weighted by Gasteiger charge is 2.44. The lowest BCUT2D eigenvalue weighted by Gasteiger charge is -2.01. The summed E-state index contributed by atoms with van der Waals surface area (Å²) in [6.07, 6.45) is 1.54. The smallest absolute Gasteiger partial charge is 0.138 e. The van der Waals surface area contributed by atoms with Crippen molar-refractivity contribution >= 4 is 28.7 Å². The average Bonchev–Trinajstić information content (AvgIpc) is 2.47. The molecular weight excluding hydrogens is 219 g/mol. The molecule has 0 radical (unpaired) electrons. The third-order valence-electron chi connectivity index (χ3n) is 1.29. The normalized spacial score (nSPS) is 25.5. The molecule has 1 fully saturated rings. The Morgan fingerprint density at radius 3 is 2.38 bits per heavy atom. The second-order valence-electron chi connectivity index (χ2n) is 2.00. The lowest BCUT2D eigenvalue weighted by molar-refractivity contribution is 0.221. The maximum absolute atomic E-state index is 9.14. The molecule has 0 unspecified atom stereocenters. The van der Waals surface area contributed by atoms with Gasteiger partial charge < -0.3 is 10.8 Å². The maximum Gasteiger partial charge on any atom is 0.138 e. The van der Waals surface area contributed by atoms with E-state index in [1.54, 1.807) is 22.9 Å². The van der Waals surface area contributed by atoms with Crippen molar-refractivity contribution in [2.24, 2.45) is 8.94 Å². The van der Waals surface area contributed by atoms with Crippen LogP contribution >= 0.6 is 22.9 Å². The minimum absolute atomic E-state index is 0.359. The van der Waals surface area contributed by atoms with Crippen LogP contribution in [-0.2, 0) is 0 Å². The Morgan fingerprint density at radius 2 is 2.25 bits per heavy atom. The predicted molar refractivity (Wildman–Crippen MR) is 39.8 cm³/mol. The minimum atomic E-state index is -0.721. The Balaban J connectivity index is 2.59. The van der Waals surface area contributed by atoms with Crippen molar-refractivity contribution in [3.05, 3.63) is 0 Å². The van der Waals surface area contributed by atoms with E-state index >= 15 is 0 Å². The lowest BCUT2D eigenvalue weighted by atomic mass is 10.3. The largest absolute Gasteiger partial charge is 0.384 e. The van der Waals surface area contributed by atoms with Crippen LogP contribution in [0.1, 0.15) is 12.8 Å². The lowest BCUT2D eigenvalue weighted by Crippen LogP contribution is -2.29. The van der Waals surface area contributed by atoms with Crippen molar-refractivity contribution in [2.75, 3.05) is 0 Å². The number of hydrogen-bond donors (Lipinski definition) is 2. The van der Waals surface area contributed by atoms with E-state index in [4.69, 9.17) is 10.8 Å². The van der Waals surface area contributed by atoms with Gasteiger partial charge in [0.25, 0.3) is 0 Å². The van der Waals surface area contributed by atoms with Crippen LogP contribution < -0.4 is 5.73 Å². The Labute approximate surface area is 61.5 Å². The molecule has 0 aromatic heterocycles. The fraction of sp³-hybridized carbons (Fsp3) is 0.750. The zero-order valence-electron chi connectivity index (χ0n) is 4.26. The molecule has 8 heavy (non-hydrogen) atoms. The molecule has 3 N–H and O–H groups in total.